The van der Waals surface area contributed by atoms with Gasteiger partial charge in [0.15, 0.2) is 0 Å². The molecule has 2 atom stereocenters. The second kappa shape index (κ2) is 7.45. The Labute approximate surface area is 134 Å². The van der Waals surface area contributed by atoms with Gasteiger partial charge in [-0.25, -0.2) is 0 Å². The lowest BCUT2D eigenvalue weighted by Gasteiger charge is -2.18. The summed E-state index contributed by atoms with van der Waals surface area (Å²) in [5, 5.41) is 3.05. The molecular weight excluding hydrogens is 375 g/mol. The number of amides is 1. The van der Waals surface area contributed by atoms with E-state index in [0.717, 1.165) is 30.5 Å². The van der Waals surface area contributed by atoms with Crippen LogP contribution in [0.15, 0.2) is 18.2 Å². The van der Waals surface area contributed by atoms with Gasteiger partial charge in [-0.3, -0.25) is 4.79 Å². The van der Waals surface area contributed by atoms with Gasteiger partial charge in [0, 0.05) is 15.2 Å². The van der Waals surface area contributed by atoms with Gasteiger partial charge in [0.2, 0.25) is 5.91 Å². The second-order valence-corrected chi connectivity index (χ2v) is 6.23. The molecule has 0 saturated heterocycles. The number of benzene rings is 1. The molecular formula is C14H20ClIN2O. The molecule has 1 aliphatic rings. The molecule has 1 aromatic rings. The van der Waals surface area contributed by atoms with Crippen LogP contribution < -0.4 is 11.1 Å². The van der Waals surface area contributed by atoms with Crippen LogP contribution in [-0.2, 0) is 4.79 Å². The Morgan fingerprint density at radius 1 is 1.47 bits per heavy atom. The van der Waals surface area contributed by atoms with Crippen LogP contribution in [0.2, 0.25) is 0 Å². The molecule has 3 nitrogen and oxygen atoms in total. The van der Waals surface area contributed by atoms with Gasteiger partial charge < -0.3 is 11.1 Å². The van der Waals surface area contributed by atoms with Gasteiger partial charge >= 0.3 is 0 Å². The molecule has 106 valence electrons. The minimum Gasteiger partial charge on any atom is -0.330 e. The van der Waals surface area contributed by atoms with Crippen LogP contribution in [-0.4, -0.2) is 12.5 Å². The van der Waals surface area contributed by atoms with E-state index in [1.807, 2.05) is 19.1 Å². The summed E-state index contributed by atoms with van der Waals surface area (Å²) in [6, 6.07) is 6.06. The predicted octanol–water partition coefficient (Wildman–Crippen LogP) is 3.33. The van der Waals surface area contributed by atoms with Crippen molar-refractivity contribution in [3.63, 3.8) is 0 Å². The molecule has 0 unspecified atom stereocenters. The van der Waals surface area contributed by atoms with E-state index in [4.69, 9.17) is 5.73 Å². The lowest BCUT2D eigenvalue weighted by atomic mass is 9.95. The monoisotopic (exact) mass is 394 g/mol. The van der Waals surface area contributed by atoms with Crippen molar-refractivity contribution in [3.05, 3.63) is 27.3 Å². The van der Waals surface area contributed by atoms with Crippen molar-refractivity contribution < 1.29 is 4.79 Å². The SMILES string of the molecule is Cc1cc(I)ccc1NC(=O)[C@@H]1CCC[C@@H]1CN.Cl. The Balaban J connectivity index is 0.00000180. The number of anilines is 1. The van der Waals surface area contributed by atoms with Crippen molar-refractivity contribution in [1.82, 2.24) is 0 Å². The number of hydrogen-bond donors (Lipinski definition) is 2. The van der Waals surface area contributed by atoms with E-state index >= 15 is 0 Å². The molecule has 3 N–H and O–H groups in total. The van der Waals surface area contributed by atoms with Gasteiger partial charge in [-0.2, -0.15) is 0 Å². The van der Waals surface area contributed by atoms with Crippen LogP contribution in [0.3, 0.4) is 0 Å². The number of nitrogens with two attached hydrogens (primary N) is 1. The Kier molecular flexibility index (Phi) is 6.56. The van der Waals surface area contributed by atoms with Crippen molar-refractivity contribution in [2.45, 2.75) is 26.2 Å². The largest absolute Gasteiger partial charge is 0.330 e. The fourth-order valence-corrected chi connectivity index (χ4v) is 3.30. The summed E-state index contributed by atoms with van der Waals surface area (Å²) in [4.78, 5) is 12.3. The van der Waals surface area contributed by atoms with Crippen molar-refractivity contribution in [3.8, 4) is 0 Å². The average Bonchev–Trinajstić information content (AvgIpc) is 2.81. The Bertz CT molecular complexity index is 453. The smallest absolute Gasteiger partial charge is 0.227 e. The lowest BCUT2D eigenvalue weighted by Crippen LogP contribution is -2.29. The highest BCUT2D eigenvalue weighted by atomic mass is 127. The minimum atomic E-state index is 0. The summed E-state index contributed by atoms with van der Waals surface area (Å²) in [5.41, 5.74) is 7.75. The van der Waals surface area contributed by atoms with Gasteiger partial charge in [0.05, 0.1) is 0 Å². The average molecular weight is 395 g/mol. The number of carbonyl (C=O) groups excluding carboxylic acids is 1. The van der Waals surface area contributed by atoms with Crippen LogP contribution in [0.5, 0.6) is 0 Å². The first-order chi connectivity index (χ1) is 8.61. The molecule has 1 amide bonds. The number of nitrogens with one attached hydrogen (secondary N) is 1. The summed E-state index contributed by atoms with van der Waals surface area (Å²) in [6.45, 7) is 2.64. The highest BCUT2D eigenvalue weighted by Gasteiger charge is 2.31. The number of rotatable bonds is 3. The normalized spacial score (nSPS) is 21.8. The third kappa shape index (κ3) is 4.07. The quantitative estimate of drug-likeness (QED) is 0.773. The van der Waals surface area contributed by atoms with Gasteiger partial charge in [0.1, 0.15) is 0 Å². The van der Waals surface area contributed by atoms with E-state index in [9.17, 15) is 4.79 Å². The lowest BCUT2D eigenvalue weighted by molar-refractivity contribution is -0.120. The molecule has 1 aromatic carbocycles. The summed E-state index contributed by atoms with van der Waals surface area (Å²) in [5.74, 6) is 0.579. The Hall–Kier alpha value is -0.330. The number of hydrogen-bond acceptors (Lipinski definition) is 2. The van der Waals surface area contributed by atoms with Gasteiger partial charge in [-0.1, -0.05) is 6.42 Å². The van der Waals surface area contributed by atoms with E-state index < -0.39 is 0 Å². The predicted molar refractivity (Wildman–Crippen MR) is 89.7 cm³/mol. The van der Waals surface area contributed by atoms with Crippen LogP contribution in [0, 0.1) is 22.3 Å². The van der Waals surface area contributed by atoms with Crippen LogP contribution in [0.25, 0.3) is 0 Å². The van der Waals surface area contributed by atoms with E-state index in [1.165, 1.54) is 3.57 Å². The highest BCUT2D eigenvalue weighted by Crippen LogP contribution is 2.32. The third-order valence-corrected chi connectivity index (χ3v) is 4.42. The molecule has 1 fully saturated rings. The molecule has 0 aliphatic heterocycles. The summed E-state index contributed by atoms with van der Waals surface area (Å²) in [7, 11) is 0. The molecule has 0 aromatic heterocycles. The van der Waals surface area contributed by atoms with Crippen LogP contribution in [0.4, 0.5) is 5.69 Å². The van der Waals surface area contributed by atoms with Gasteiger partial charge in [-0.15, -0.1) is 12.4 Å². The zero-order valence-electron chi connectivity index (χ0n) is 11.0. The van der Waals surface area contributed by atoms with E-state index in [0.29, 0.717) is 12.5 Å². The number of carbonyl (C=O) groups is 1. The van der Waals surface area contributed by atoms with Crippen molar-refractivity contribution in [1.29, 1.82) is 0 Å². The fourth-order valence-electron chi connectivity index (χ4n) is 2.66. The first-order valence-corrected chi connectivity index (χ1v) is 7.46. The van der Waals surface area contributed by atoms with Gasteiger partial charge in [0.25, 0.3) is 0 Å². The fraction of sp³-hybridized carbons (Fsp3) is 0.500. The van der Waals surface area contributed by atoms with Crippen molar-refractivity contribution in [2.75, 3.05) is 11.9 Å². The van der Waals surface area contributed by atoms with E-state index in [2.05, 4.69) is 34.0 Å². The Morgan fingerprint density at radius 2 is 2.21 bits per heavy atom. The van der Waals surface area contributed by atoms with E-state index in [1.54, 1.807) is 0 Å². The maximum Gasteiger partial charge on any atom is 0.227 e. The zero-order valence-corrected chi connectivity index (χ0v) is 14.0. The highest BCUT2D eigenvalue weighted by molar-refractivity contribution is 14.1. The summed E-state index contributed by atoms with van der Waals surface area (Å²) >= 11 is 2.27. The maximum absolute atomic E-state index is 12.3. The summed E-state index contributed by atoms with van der Waals surface area (Å²) in [6.07, 6.45) is 3.17. The molecule has 2 rings (SSSR count). The van der Waals surface area contributed by atoms with Crippen molar-refractivity contribution in [2.24, 2.45) is 17.6 Å². The molecule has 1 saturated carbocycles. The number of aryl methyl sites for hydroxylation is 1. The standard InChI is InChI=1S/C14H19IN2O.ClH/c1-9-7-11(15)5-6-13(9)17-14(18)12-4-2-3-10(12)8-16;/h5-7,10,12H,2-4,8,16H2,1H3,(H,17,18);1H/t10-,12-;/m1./s1. The summed E-state index contributed by atoms with van der Waals surface area (Å²) < 4.78 is 1.18. The first-order valence-electron chi connectivity index (χ1n) is 6.39. The van der Waals surface area contributed by atoms with Crippen LogP contribution in [0.1, 0.15) is 24.8 Å². The number of halogens is 2. The molecule has 0 radical (unpaired) electrons. The zero-order chi connectivity index (χ0) is 13.1. The molecule has 0 spiro atoms. The molecule has 19 heavy (non-hydrogen) atoms. The third-order valence-electron chi connectivity index (χ3n) is 3.74. The minimum absolute atomic E-state index is 0. The first kappa shape index (κ1) is 16.7. The van der Waals surface area contributed by atoms with Gasteiger partial charge in [-0.05, 0) is 78.6 Å². The molecule has 0 bridgehead atoms. The molecule has 1 aliphatic carbocycles. The molecule has 5 heteroatoms. The van der Waals surface area contributed by atoms with Crippen molar-refractivity contribution >= 4 is 46.6 Å². The van der Waals surface area contributed by atoms with Crippen LogP contribution >= 0.6 is 35.0 Å². The molecule has 0 heterocycles. The maximum atomic E-state index is 12.3. The second-order valence-electron chi connectivity index (χ2n) is 4.98. The van der Waals surface area contributed by atoms with E-state index in [-0.39, 0.29) is 24.2 Å². The Morgan fingerprint density at radius 3 is 2.84 bits per heavy atom. The topological polar surface area (TPSA) is 55.1 Å².